The molecule has 1 fully saturated rings. The Bertz CT molecular complexity index is 1490. The molecule has 5 rings (SSSR count). The fourth-order valence-electron chi connectivity index (χ4n) is 4.20. The predicted octanol–water partition coefficient (Wildman–Crippen LogP) is 5.28. The number of fused-ring (bicyclic) bond motifs is 1. The summed E-state index contributed by atoms with van der Waals surface area (Å²) in [7, 11) is 1.93. The van der Waals surface area contributed by atoms with E-state index in [2.05, 4.69) is 25.2 Å². The lowest BCUT2D eigenvalue weighted by molar-refractivity contribution is -0.137. The van der Waals surface area contributed by atoms with Crippen LogP contribution in [0.15, 0.2) is 48.9 Å². The largest absolute Gasteiger partial charge is 0.434 e. The molecule has 1 aliphatic heterocycles. The van der Waals surface area contributed by atoms with Crippen LogP contribution >= 0.6 is 0 Å². The molecule has 2 N–H and O–H groups in total. The van der Waals surface area contributed by atoms with Crippen molar-refractivity contribution in [2.45, 2.75) is 6.18 Å². The lowest BCUT2D eigenvalue weighted by Gasteiger charge is -2.35. The molecule has 2 aromatic heterocycles. The maximum Gasteiger partial charge on any atom is 0.418 e. The van der Waals surface area contributed by atoms with E-state index >= 15 is 0 Å². The summed E-state index contributed by atoms with van der Waals surface area (Å²) in [4.78, 5) is 14.6. The Kier molecular flexibility index (Phi) is 6.31. The van der Waals surface area contributed by atoms with Crippen LogP contribution in [0.3, 0.4) is 0 Å². The highest BCUT2D eigenvalue weighted by Crippen LogP contribution is 2.39. The molecule has 0 spiro atoms. The number of nitriles is 1. The maximum atomic E-state index is 14.8. The van der Waals surface area contributed by atoms with Crippen molar-refractivity contribution in [3.8, 4) is 17.7 Å². The summed E-state index contributed by atoms with van der Waals surface area (Å²) < 4.78 is 62.3. The van der Waals surface area contributed by atoms with E-state index in [-0.39, 0.29) is 34.4 Å². The van der Waals surface area contributed by atoms with Crippen LogP contribution in [0, 0.1) is 17.1 Å². The number of aromatic nitrogens is 3. The zero-order valence-corrected chi connectivity index (χ0v) is 19.6. The van der Waals surface area contributed by atoms with E-state index in [0.717, 1.165) is 12.4 Å². The lowest BCUT2D eigenvalue weighted by atomic mass is 10.1. The number of nitrogens with zero attached hydrogens (tertiary/aromatic N) is 5. The first-order valence-corrected chi connectivity index (χ1v) is 11.3. The van der Waals surface area contributed by atoms with E-state index in [1.807, 2.05) is 13.1 Å². The number of anilines is 3. The summed E-state index contributed by atoms with van der Waals surface area (Å²) in [5.41, 5.74) is -0.253. The van der Waals surface area contributed by atoms with Gasteiger partial charge in [-0.05, 0) is 43.4 Å². The summed E-state index contributed by atoms with van der Waals surface area (Å²) in [6.45, 7) is 2.26. The highest BCUT2D eigenvalue weighted by atomic mass is 19.4. The first-order valence-electron chi connectivity index (χ1n) is 11.3. The Morgan fingerprint density at radius 3 is 2.59 bits per heavy atom. The average Bonchev–Trinajstić information content (AvgIpc) is 3.36. The SMILES string of the molecule is CN1CCN(c2ccc(Nc3ncnc(Oc4ccc5[nH]ccc5c4F)c3C#N)cc2C(F)(F)F)CC1. The Morgan fingerprint density at radius 2 is 1.86 bits per heavy atom. The van der Waals surface area contributed by atoms with Gasteiger partial charge in [0.05, 0.1) is 5.56 Å². The van der Waals surface area contributed by atoms with Crippen LogP contribution < -0.4 is 15.0 Å². The van der Waals surface area contributed by atoms with Crippen LogP contribution in [0.2, 0.25) is 0 Å². The van der Waals surface area contributed by atoms with Crippen molar-refractivity contribution < 1.29 is 22.3 Å². The van der Waals surface area contributed by atoms with Crippen molar-refractivity contribution in [1.82, 2.24) is 19.9 Å². The van der Waals surface area contributed by atoms with Gasteiger partial charge in [0.1, 0.15) is 12.4 Å². The molecule has 1 aliphatic rings. The zero-order chi connectivity index (χ0) is 26.2. The minimum Gasteiger partial charge on any atom is -0.434 e. The van der Waals surface area contributed by atoms with E-state index in [4.69, 9.17) is 4.74 Å². The van der Waals surface area contributed by atoms with Gasteiger partial charge in [-0.3, -0.25) is 0 Å². The smallest absolute Gasteiger partial charge is 0.418 e. The summed E-state index contributed by atoms with van der Waals surface area (Å²) in [6.07, 6.45) is -1.94. The van der Waals surface area contributed by atoms with Gasteiger partial charge in [-0.1, -0.05) is 0 Å². The second-order valence-electron chi connectivity index (χ2n) is 8.58. The van der Waals surface area contributed by atoms with Crippen LogP contribution in [0.4, 0.5) is 34.8 Å². The number of ether oxygens (including phenoxy) is 1. The number of likely N-dealkylation sites (N-methyl/N-ethyl adjacent to an activating group) is 1. The molecule has 37 heavy (non-hydrogen) atoms. The first-order chi connectivity index (χ1) is 17.7. The Hall–Kier alpha value is -4.37. The molecule has 0 bridgehead atoms. The number of benzene rings is 2. The van der Waals surface area contributed by atoms with Gasteiger partial charge >= 0.3 is 6.18 Å². The number of aromatic amines is 1. The van der Waals surface area contributed by atoms with E-state index < -0.39 is 17.6 Å². The molecular weight excluding hydrogens is 490 g/mol. The van der Waals surface area contributed by atoms with E-state index in [9.17, 15) is 22.8 Å². The molecule has 3 heterocycles. The second-order valence-corrected chi connectivity index (χ2v) is 8.58. The molecule has 0 atom stereocenters. The molecule has 2 aromatic carbocycles. The Labute approximate surface area is 209 Å². The summed E-state index contributed by atoms with van der Waals surface area (Å²) in [5, 5.41) is 12.8. The van der Waals surface area contributed by atoms with Crippen LogP contribution in [0.1, 0.15) is 11.1 Å². The average molecular weight is 511 g/mol. The molecule has 0 aliphatic carbocycles. The van der Waals surface area contributed by atoms with Gasteiger partial charge in [0, 0.05) is 54.7 Å². The number of H-pyrrole nitrogens is 1. The normalized spacial score (nSPS) is 14.5. The molecular formula is C25H21F4N7O. The fourth-order valence-corrected chi connectivity index (χ4v) is 4.20. The molecule has 8 nitrogen and oxygen atoms in total. The molecule has 4 aromatic rings. The van der Waals surface area contributed by atoms with Crippen LogP contribution in [-0.2, 0) is 6.18 Å². The molecule has 0 radical (unpaired) electrons. The van der Waals surface area contributed by atoms with Crippen LogP contribution in [0.25, 0.3) is 10.9 Å². The fraction of sp³-hybridized carbons (Fsp3) is 0.240. The highest BCUT2D eigenvalue weighted by molar-refractivity contribution is 5.82. The van der Waals surface area contributed by atoms with Gasteiger partial charge in [0.2, 0.25) is 5.88 Å². The van der Waals surface area contributed by atoms with Crippen molar-refractivity contribution in [2.24, 2.45) is 0 Å². The second kappa shape index (κ2) is 9.59. The molecule has 1 saturated heterocycles. The predicted molar refractivity (Wildman–Crippen MR) is 130 cm³/mol. The van der Waals surface area contributed by atoms with Gasteiger partial charge in [0.25, 0.3) is 0 Å². The van der Waals surface area contributed by atoms with Gasteiger partial charge < -0.3 is 24.8 Å². The number of nitrogens with one attached hydrogen (secondary N) is 2. The topological polar surface area (TPSA) is 93.1 Å². The first kappa shape index (κ1) is 24.3. The minimum atomic E-state index is -4.59. The van der Waals surface area contributed by atoms with Crippen molar-refractivity contribution in [3.63, 3.8) is 0 Å². The van der Waals surface area contributed by atoms with Gasteiger partial charge in [-0.15, -0.1) is 0 Å². The minimum absolute atomic E-state index is 0.0731. The summed E-state index contributed by atoms with van der Waals surface area (Å²) >= 11 is 0. The van der Waals surface area contributed by atoms with E-state index in [1.54, 1.807) is 23.2 Å². The molecule has 12 heteroatoms. The zero-order valence-electron chi connectivity index (χ0n) is 19.6. The monoisotopic (exact) mass is 511 g/mol. The van der Waals surface area contributed by atoms with Gasteiger partial charge in [-0.2, -0.15) is 18.4 Å². The third-order valence-corrected chi connectivity index (χ3v) is 6.17. The Balaban J connectivity index is 1.45. The van der Waals surface area contributed by atoms with Crippen molar-refractivity contribution in [3.05, 3.63) is 65.9 Å². The number of piperazine rings is 1. The summed E-state index contributed by atoms with van der Waals surface area (Å²) in [6, 6.07) is 10.3. The van der Waals surface area contributed by atoms with E-state index in [1.165, 1.54) is 18.2 Å². The number of hydrogen-bond donors (Lipinski definition) is 2. The molecule has 190 valence electrons. The standard InChI is InChI=1S/C25H21F4N7O/c1-35-8-10-36(11-9-35)20-4-2-15(12-18(20)25(27,28)29)34-23-17(13-30)24(33-14-32-23)37-21-5-3-19-16(22(21)26)6-7-31-19/h2-7,12,14,31H,8-11H2,1H3,(H,32,33,34). The van der Waals surface area contributed by atoms with Crippen molar-refractivity contribution >= 4 is 28.1 Å². The number of rotatable bonds is 5. The van der Waals surface area contributed by atoms with Crippen LogP contribution in [0.5, 0.6) is 11.6 Å². The van der Waals surface area contributed by atoms with Crippen molar-refractivity contribution in [2.75, 3.05) is 43.4 Å². The van der Waals surface area contributed by atoms with Gasteiger partial charge in [-0.25, -0.2) is 14.4 Å². The molecule has 0 amide bonds. The molecule has 0 saturated carbocycles. The van der Waals surface area contributed by atoms with Gasteiger partial charge in [0.15, 0.2) is 22.9 Å². The third kappa shape index (κ3) is 4.85. The number of hydrogen-bond acceptors (Lipinski definition) is 7. The lowest BCUT2D eigenvalue weighted by Crippen LogP contribution is -2.45. The third-order valence-electron chi connectivity index (χ3n) is 6.17. The number of halogens is 4. The highest BCUT2D eigenvalue weighted by Gasteiger charge is 2.36. The summed E-state index contributed by atoms with van der Waals surface area (Å²) in [5.74, 6) is -1.12. The van der Waals surface area contributed by atoms with E-state index in [0.29, 0.717) is 37.1 Å². The Morgan fingerprint density at radius 1 is 1.08 bits per heavy atom. The maximum absolute atomic E-state index is 14.8. The van der Waals surface area contributed by atoms with Crippen molar-refractivity contribution in [1.29, 1.82) is 5.26 Å². The number of alkyl halides is 3. The van der Waals surface area contributed by atoms with Crippen LogP contribution in [-0.4, -0.2) is 53.1 Å². The molecule has 0 unspecified atom stereocenters. The quantitative estimate of drug-likeness (QED) is 0.353.